The molecular formula is C15H21ClNO+. The Balaban J connectivity index is 1.79. The number of rotatable bonds is 5. The molecule has 0 bridgehead atoms. The second-order valence-electron chi connectivity index (χ2n) is 5.53. The van der Waals surface area contributed by atoms with Gasteiger partial charge in [0, 0.05) is 36.3 Å². The summed E-state index contributed by atoms with van der Waals surface area (Å²) in [4.78, 5) is 12.0. The van der Waals surface area contributed by atoms with Gasteiger partial charge < -0.3 is 4.48 Å². The lowest BCUT2D eigenvalue weighted by Gasteiger charge is -2.28. The molecule has 0 saturated carbocycles. The first-order valence-corrected chi connectivity index (χ1v) is 7.09. The number of Topliss-reactive ketones (excluding diaryl/α,β-unsaturated/α-hetero) is 1. The van der Waals surface area contributed by atoms with Gasteiger partial charge in [-0.05, 0) is 24.3 Å². The van der Waals surface area contributed by atoms with E-state index in [1.54, 1.807) is 12.1 Å². The number of hydrogen-bond acceptors (Lipinski definition) is 1. The van der Waals surface area contributed by atoms with Crippen molar-refractivity contribution in [2.45, 2.75) is 25.7 Å². The van der Waals surface area contributed by atoms with Crippen LogP contribution < -0.4 is 0 Å². The van der Waals surface area contributed by atoms with Crippen LogP contribution in [0.1, 0.15) is 36.0 Å². The number of ketones is 1. The van der Waals surface area contributed by atoms with Gasteiger partial charge in [0.15, 0.2) is 5.78 Å². The number of carbonyl (C=O) groups is 1. The summed E-state index contributed by atoms with van der Waals surface area (Å²) in [5.41, 5.74) is 0.781. The van der Waals surface area contributed by atoms with Crippen LogP contribution in [-0.4, -0.2) is 36.9 Å². The summed E-state index contributed by atoms with van der Waals surface area (Å²) >= 11 is 5.81. The molecule has 0 aliphatic carbocycles. The van der Waals surface area contributed by atoms with Gasteiger partial charge in [0.05, 0.1) is 26.7 Å². The van der Waals surface area contributed by atoms with Crippen LogP contribution in [0.3, 0.4) is 0 Å². The maximum atomic E-state index is 12.0. The molecule has 1 aliphatic rings. The van der Waals surface area contributed by atoms with E-state index in [0.29, 0.717) is 11.4 Å². The van der Waals surface area contributed by atoms with Gasteiger partial charge in [-0.25, -0.2) is 0 Å². The zero-order valence-electron chi connectivity index (χ0n) is 11.0. The molecule has 2 nitrogen and oxygen atoms in total. The Bertz CT molecular complexity index is 407. The minimum atomic E-state index is 0.234. The van der Waals surface area contributed by atoms with Crippen molar-refractivity contribution in [1.82, 2.24) is 0 Å². The van der Waals surface area contributed by atoms with E-state index in [2.05, 4.69) is 7.05 Å². The van der Waals surface area contributed by atoms with Crippen molar-refractivity contribution in [3.8, 4) is 0 Å². The van der Waals surface area contributed by atoms with Gasteiger partial charge in [-0.3, -0.25) is 4.79 Å². The summed E-state index contributed by atoms with van der Waals surface area (Å²) in [6.07, 6.45) is 4.30. The molecule has 1 aromatic carbocycles. The molecule has 0 unspecified atom stereocenters. The van der Waals surface area contributed by atoms with Gasteiger partial charge in [0.25, 0.3) is 0 Å². The summed E-state index contributed by atoms with van der Waals surface area (Å²) in [6, 6.07) is 7.19. The molecule has 18 heavy (non-hydrogen) atoms. The number of likely N-dealkylation sites (tertiary alicyclic amines) is 1. The highest BCUT2D eigenvalue weighted by Crippen LogP contribution is 2.18. The van der Waals surface area contributed by atoms with Gasteiger partial charge in [-0.15, -0.1) is 0 Å². The van der Waals surface area contributed by atoms with Crippen LogP contribution >= 0.6 is 11.6 Å². The zero-order valence-corrected chi connectivity index (χ0v) is 11.7. The van der Waals surface area contributed by atoms with Crippen LogP contribution in [0.4, 0.5) is 0 Å². The van der Waals surface area contributed by atoms with Crippen LogP contribution in [0.15, 0.2) is 24.3 Å². The second kappa shape index (κ2) is 5.85. The fraction of sp³-hybridized carbons (Fsp3) is 0.533. The Morgan fingerprint density at radius 2 is 1.83 bits per heavy atom. The minimum absolute atomic E-state index is 0.234. The molecule has 0 N–H and O–H groups in total. The van der Waals surface area contributed by atoms with Crippen LogP contribution in [0, 0.1) is 0 Å². The Hall–Kier alpha value is -0.860. The van der Waals surface area contributed by atoms with E-state index in [4.69, 9.17) is 11.6 Å². The summed E-state index contributed by atoms with van der Waals surface area (Å²) in [5, 5.41) is 0.682. The highest BCUT2D eigenvalue weighted by Gasteiger charge is 2.26. The van der Waals surface area contributed by atoms with E-state index in [0.717, 1.165) is 23.0 Å². The topological polar surface area (TPSA) is 17.1 Å². The maximum absolute atomic E-state index is 12.0. The number of carbonyl (C=O) groups excluding carboxylic acids is 1. The summed E-state index contributed by atoms with van der Waals surface area (Å²) in [7, 11) is 2.31. The van der Waals surface area contributed by atoms with Gasteiger partial charge in [-0.1, -0.05) is 11.6 Å². The van der Waals surface area contributed by atoms with Crippen molar-refractivity contribution in [1.29, 1.82) is 0 Å². The molecule has 3 heteroatoms. The molecule has 1 aliphatic heterocycles. The Morgan fingerprint density at radius 1 is 1.22 bits per heavy atom. The first-order valence-electron chi connectivity index (χ1n) is 6.71. The summed E-state index contributed by atoms with van der Waals surface area (Å²) < 4.78 is 1.15. The van der Waals surface area contributed by atoms with Crippen molar-refractivity contribution >= 4 is 17.4 Å². The molecule has 0 atom stereocenters. The lowest BCUT2D eigenvalue weighted by Crippen LogP contribution is -2.41. The van der Waals surface area contributed by atoms with E-state index >= 15 is 0 Å². The molecule has 1 saturated heterocycles. The predicted molar refractivity (Wildman–Crippen MR) is 75.0 cm³/mol. The van der Waals surface area contributed by atoms with Gasteiger partial charge in [0.2, 0.25) is 0 Å². The van der Waals surface area contributed by atoms with Crippen molar-refractivity contribution < 1.29 is 9.28 Å². The van der Waals surface area contributed by atoms with Gasteiger partial charge in [0.1, 0.15) is 0 Å². The fourth-order valence-corrected chi connectivity index (χ4v) is 2.85. The molecular weight excluding hydrogens is 246 g/mol. The van der Waals surface area contributed by atoms with E-state index in [1.165, 1.54) is 25.9 Å². The monoisotopic (exact) mass is 266 g/mol. The van der Waals surface area contributed by atoms with Crippen molar-refractivity contribution in [2.24, 2.45) is 0 Å². The van der Waals surface area contributed by atoms with Crippen LogP contribution in [0.25, 0.3) is 0 Å². The van der Waals surface area contributed by atoms with E-state index in [-0.39, 0.29) is 5.78 Å². The summed E-state index contributed by atoms with van der Waals surface area (Å²) in [5.74, 6) is 0.234. The van der Waals surface area contributed by atoms with Gasteiger partial charge in [-0.2, -0.15) is 0 Å². The zero-order chi connectivity index (χ0) is 13.0. The molecule has 0 radical (unpaired) electrons. The van der Waals surface area contributed by atoms with Crippen molar-refractivity contribution in [2.75, 3.05) is 26.7 Å². The first kappa shape index (κ1) is 13.6. The highest BCUT2D eigenvalue weighted by molar-refractivity contribution is 6.30. The molecule has 0 spiro atoms. The quantitative estimate of drug-likeness (QED) is 0.588. The van der Waals surface area contributed by atoms with Crippen LogP contribution in [0.5, 0.6) is 0 Å². The first-order chi connectivity index (χ1) is 8.59. The molecule has 0 aromatic heterocycles. The van der Waals surface area contributed by atoms with Crippen LogP contribution in [-0.2, 0) is 0 Å². The smallest absolute Gasteiger partial charge is 0.163 e. The normalized spacial score (nSPS) is 17.9. The molecule has 1 fully saturated rings. The van der Waals surface area contributed by atoms with Crippen molar-refractivity contribution in [3.05, 3.63) is 34.9 Å². The fourth-order valence-electron chi connectivity index (χ4n) is 2.72. The second-order valence-corrected chi connectivity index (χ2v) is 5.97. The number of hydrogen-bond donors (Lipinski definition) is 0. The maximum Gasteiger partial charge on any atom is 0.163 e. The third-order valence-corrected chi connectivity index (χ3v) is 4.17. The average Bonchev–Trinajstić information content (AvgIpc) is 2.77. The molecule has 1 aromatic rings. The van der Waals surface area contributed by atoms with Gasteiger partial charge >= 0.3 is 0 Å². The highest BCUT2D eigenvalue weighted by atomic mass is 35.5. The standard InChI is InChI=1S/C15H21ClNO/c1-17(10-2-3-11-17)12-4-5-15(18)13-6-8-14(16)9-7-13/h6-9H,2-5,10-12H2,1H3/q+1. The molecule has 98 valence electrons. The Labute approximate surface area is 114 Å². The minimum Gasteiger partial charge on any atom is -0.326 e. The van der Waals surface area contributed by atoms with Crippen molar-refractivity contribution in [3.63, 3.8) is 0 Å². The number of benzene rings is 1. The van der Waals surface area contributed by atoms with E-state index in [1.807, 2.05) is 12.1 Å². The summed E-state index contributed by atoms with van der Waals surface area (Å²) in [6.45, 7) is 3.67. The SMILES string of the molecule is C[N+]1(CCCC(=O)c2ccc(Cl)cc2)CCCC1. The predicted octanol–water partition coefficient (Wildman–Crippen LogP) is 3.54. The number of quaternary nitrogens is 1. The third kappa shape index (κ3) is 3.56. The lowest BCUT2D eigenvalue weighted by molar-refractivity contribution is -0.897. The molecule has 1 heterocycles. The molecule has 2 rings (SSSR count). The average molecular weight is 267 g/mol. The Kier molecular flexibility index (Phi) is 4.41. The van der Waals surface area contributed by atoms with E-state index in [9.17, 15) is 4.79 Å². The number of nitrogens with zero attached hydrogens (tertiary/aromatic N) is 1. The number of halogens is 1. The lowest BCUT2D eigenvalue weighted by atomic mass is 10.1. The third-order valence-electron chi connectivity index (χ3n) is 3.91. The van der Waals surface area contributed by atoms with E-state index < -0.39 is 0 Å². The molecule has 0 amide bonds. The largest absolute Gasteiger partial charge is 0.326 e. The Morgan fingerprint density at radius 3 is 2.44 bits per heavy atom. The van der Waals surface area contributed by atoms with Crippen LogP contribution in [0.2, 0.25) is 5.02 Å².